The summed E-state index contributed by atoms with van der Waals surface area (Å²) >= 11 is 0. The molecule has 0 aromatic heterocycles. The van der Waals surface area contributed by atoms with Gasteiger partial charge in [-0.2, -0.15) is 8.61 Å². The largest absolute Gasteiger partial charge is 0.508 e. The Morgan fingerprint density at radius 3 is 1.43 bits per heavy atom. The highest BCUT2D eigenvalue weighted by Crippen LogP contribution is 2.38. The van der Waals surface area contributed by atoms with Crippen LogP contribution in [0.5, 0.6) is 34.5 Å². The first-order valence-electron chi connectivity index (χ1n) is 28.4. The van der Waals surface area contributed by atoms with Gasteiger partial charge >= 0.3 is 12.2 Å². The summed E-state index contributed by atoms with van der Waals surface area (Å²) in [5.74, 6) is 1.15. The SMILES string of the molecule is CC(C)CN(C[C@@H](O)[C@H](Cc1ccc(O)cc1)NC(=O)O[C@H]1CO[C@H]2OCC[C@H]21)S(=O)(=O)c1ccc2c(c1)OCO2.CC(C)CN(C[C@@H](O)[C@H](Cc1ccc(OCC(N)=O)cc1)NC(=O)O[C@H]1CO[C@H]2OCC[C@H]21)S(=O)(=O)c1ccc2c(c1)OCO2. The van der Waals surface area contributed by atoms with Gasteiger partial charge in [0.05, 0.1) is 72.3 Å². The number of nitrogens with one attached hydrogen (secondary N) is 2. The van der Waals surface area contributed by atoms with Crippen LogP contribution in [-0.4, -0.2) is 181 Å². The number of primary amides is 1. The average Bonchev–Trinajstić information content (AvgIpc) is 1.88. The molecule has 26 nitrogen and oxygen atoms in total. The van der Waals surface area contributed by atoms with Crippen LogP contribution in [0.15, 0.2) is 94.7 Å². The van der Waals surface area contributed by atoms with Crippen LogP contribution in [0.1, 0.15) is 51.7 Å². The molecule has 10 rings (SSSR count). The molecule has 470 valence electrons. The van der Waals surface area contributed by atoms with E-state index >= 15 is 0 Å². The van der Waals surface area contributed by atoms with Crippen LogP contribution < -0.4 is 40.1 Å². The molecule has 3 amide bonds. The molecule has 10 atom stereocenters. The molecule has 6 aliphatic rings. The Morgan fingerprint density at radius 2 is 1.01 bits per heavy atom. The Labute approximate surface area is 499 Å². The van der Waals surface area contributed by atoms with E-state index in [1.54, 1.807) is 36.4 Å². The summed E-state index contributed by atoms with van der Waals surface area (Å²) < 4.78 is 118. The van der Waals surface area contributed by atoms with E-state index in [1.807, 2.05) is 27.7 Å². The van der Waals surface area contributed by atoms with Gasteiger partial charge in [0, 0.05) is 38.3 Å². The summed E-state index contributed by atoms with van der Waals surface area (Å²) in [6.07, 6.45) is -4.27. The third-order valence-electron chi connectivity index (χ3n) is 15.1. The van der Waals surface area contributed by atoms with E-state index in [0.717, 1.165) is 5.56 Å². The molecular weight excluding hydrogens is 1170 g/mol. The molecule has 86 heavy (non-hydrogen) atoms. The van der Waals surface area contributed by atoms with Crippen molar-refractivity contribution in [3.8, 4) is 34.5 Å². The number of hydrogen-bond acceptors (Lipinski definition) is 21. The van der Waals surface area contributed by atoms with E-state index in [-0.39, 0.29) is 112 Å². The maximum absolute atomic E-state index is 13.8. The van der Waals surface area contributed by atoms with Crippen LogP contribution in [-0.2, 0) is 66.1 Å². The van der Waals surface area contributed by atoms with Crippen molar-refractivity contribution < 1.29 is 98.6 Å². The van der Waals surface area contributed by atoms with Crippen molar-refractivity contribution in [3.05, 3.63) is 96.1 Å². The fraction of sp³-hybridized carbons (Fsp3) is 0.534. The molecule has 4 fully saturated rings. The van der Waals surface area contributed by atoms with Crippen molar-refractivity contribution in [2.24, 2.45) is 29.4 Å². The molecule has 28 heteroatoms. The quantitative estimate of drug-likeness (QED) is 0.0552. The molecule has 0 bridgehead atoms. The topological polar surface area (TPSA) is 338 Å². The van der Waals surface area contributed by atoms with Gasteiger partial charge in [0.2, 0.25) is 33.6 Å². The highest BCUT2D eigenvalue weighted by molar-refractivity contribution is 7.89. The number of amides is 3. The predicted molar refractivity (Wildman–Crippen MR) is 303 cm³/mol. The minimum absolute atomic E-state index is 0.00361. The molecule has 7 N–H and O–H groups in total. The van der Waals surface area contributed by atoms with E-state index < -0.39 is 87.2 Å². The van der Waals surface area contributed by atoms with Gasteiger partial charge in [-0.1, -0.05) is 52.0 Å². The molecule has 0 unspecified atom stereocenters. The summed E-state index contributed by atoms with van der Waals surface area (Å²) in [6, 6.07) is 19.9. The van der Waals surface area contributed by atoms with Crippen molar-refractivity contribution in [1.29, 1.82) is 0 Å². The molecule has 0 aliphatic carbocycles. The van der Waals surface area contributed by atoms with E-state index in [2.05, 4.69) is 10.6 Å². The van der Waals surface area contributed by atoms with Crippen molar-refractivity contribution in [2.75, 3.05) is 72.8 Å². The van der Waals surface area contributed by atoms with Gasteiger partial charge in [-0.15, -0.1) is 0 Å². The van der Waals surface area contributed by atoms with Crippen molar-refractivity contribution in [3.63, 3.8) is 0 Å². The Kier molecular flexibility index (Phi) is 21.1. The summed E-state index contributed by atoms with van der Waals surface area (Å²) in [7, 11) is -8.14. The Hall–Kier alpha value is -6.73. The van der Waals surface area contributed by atoms with Gasteiger partial charge in [-0.3, -0.25) is 4.79 Å². The fourth-order valence-corrected chi connectivity index (χ4v) is 14.0. The van der Waals surface area contributed by atoms with E-state index in [4.69, 9.17) is 57.8 Å². The monoisotopic (exact) mass is 1240 g/mol. The number of fused-ring (bicyclic) bond motifs is 4. The number of nitrogens with two attached hydrogens (primary N) is 1. The first-order chi connectivity index (χ1) is 41.1. The number of phenolic OH excluding ortho intramolecular Hbond substituents is 1. The molecule has 6 aliphatic heterocycles. The third kappa shape index (κ3) is 16.3. The van der Waals surface area contributed by atoms with Crippen molar-refractivity contribution in [1.82, 2.24) is 19.2 Å². The number of aromatic hydroxyl groups is 1. The number of nitrogens with zero attached hydrogens (tertiary/aromatic N) is 2. The number of benzene rings is 4. The molecule has 0 saturated carbocycles. The smallest absolute Gasteiger partial charge is 0.407 e. The zero-order chi connectivity index (χ0) is 61.3. The zero-order valence-corrected chi connectivity index (χ0v) is 49.7. The van der Waals surface area contributed by atoms with Crippen molar-refractivity contribution >= 4 is 38.1 Å². The fourth-order valence-electron chi connectivity index (χ4n) is 10.7. The minimum atomic E-state index is -4.09. The Balaban J connectivity index is 0.000000206. The summed E-state index contributed by atoms with van der Waals surface area (Å²) in [6.45, 7) is 8.30. The second-order valence-corrected chi connectivity index (χ2v) is 26.4. The van der Waals surface area contributed by atoms with Crippen LogP contribution in [0, 0.1) is 23.7 Å². The standard InChI is InChI=1S/C30H39N3O11S.C28H36N2O10S/c1-18(2)13-33(45(37,38)21-7-8-25-26(12-21)43-17-42-25)14-24(34)23(11-19-3-5-20(6-4-19)40-16-28(31)35)32-30(36)44-27-15-41-29-22(27)9-10-39-29;1-17(2)13-30(41(34,35)20-7-8-24-25(12-20)39-16-38-24)14-23(32)22(11-18-3-5-19(31)6-4-18)29-28(33)40-26-15-37-27-21(26)9-10-36-27/h3-8,12,18,22-24,27,29,34H,9-11,13-17H2,1-2H3,(H2,31,35)(H,32,36);3-8,12,17,21-23,26-27,31-32H,9-11,13-16H2,1-2H3,(H,29,33)/t22-,23-,24+,27-,29+;21-,22-,23+,26-,27+/m00/s1. The van der Waals surface area contributed by atoms with Crippen LogP contribution in [0.4, 0.5) is 9.59 Å². The number of carbonyl (C=O) groups excluding carboxylic acids is 3. The highest BCUT2D eigenvalue weighted by Gasteiger charge is 2.46. The zero-order valence-electron chi connectivity index (χ0n) is 48.1. The molecule has 4 aromatic rings. The van der Waals surface area contributed by atoms with Gasteiger partial charge in [0.15, 0.2) is 42.2 Å². The van der Waals surface area contributed by atoms with Gasteiger partial charge in [0.1, 0.15) is 23.7 Å². The predicted octanol–water partition coefficient (Wildman–Crippen LogP) is 3.61. The second kappa shape index (κ2) is 28.4. The lowest BCUT2D eigenvalue weighted by molar-refractivity contribution is -0.119. The van der Waals surface area contributed by atoms with Gasteiger partial charge < -0.3 is 83.8 Å². The molecule has 0 spiro atoms. The van der Waals surface area contributed by atoms with Gasteiger partial charge in [0.25, 0.3) is 5.91 Å². The summed E-state index contributed by atoms with van der Waals surface area (Å²) in [4.78, 5) is 37.2. The lowest BCUT2D eigenvalue weighted by Crippen LogP contribution is -2.51. The van der Waals surface area contributed by atoms with Gasteiger partial charge in [-0.25, -0.2) is 26.4 Å². The first-order valence-corrected chi connectivity index (χ1v) is 31.3. The maximum atomic E-state index is 13.8. The van der Waals surface area contributed by atoms with Crippen molar-refractivity contribution in [2.45, 2.75) is 112 Å². The number of hydrogen-bond donors (Lipinski definition) is 6. The number of sulfonamides is 2. The number of ether oxygens (including phenoxy) is 11. The highest BCUT2D eigenvalue weighted by atomic mass is 32.2. The van der Waals surface area contributed by atoms with Gasteiger partial charge in [-0.05, 0) is 97.2 Å². The number of alkyl carbamates (subject to hydrolysis) is 2. The lowest BCUT2D eigenvalue weighted by atomic mass is 10.0. The van der Waals surface area contributed by atoms with Crippen LogP contribution in [0.3, 0.4) is 0 Å². The summed E-state index contributed by atoms with van der Waals surface area (Å²) in [5, 5.41) is 38.1. The molecule has 4 aromatic carbocycles. The van der Waals surface area contributed by atoms with E-state index in [9.17, 15) is 46.5 Å². The number of aliphatic hydroxyl groups is 2. The third-order valence-corrected chi connectivity index (χ3v) is 18.7. The Bertz CT molecular complexity index is 3190. The molecular formula is C58H75N5O21S2. The normalized spacial score (nSPS) is 22.4. The minimum Gasteiger partial charge on any atom is -0.508 e. The van der Waals surface area contributed by atoms with E-state index in [1.165, 1.54) is 57.1 Å². The van der Waals surface area contributed by atoms with Crippen LogP contribution in [0.25, 0.3) is 0 Å². The molecule has 0 radical (unpaired) electrons. The number of phenols is 1. The number of carbonyl (C=O) groups is 3. The Morgan fingerprint density at radius 1 is 0.593 bits per heavy atom. The average molecular weight is 1240 g/mol. The maximum Gasteiger partial charge on any atom is 0.407 e. The molecule has 6 heterocycles. The summed E-state index contributed by atoms with van der Waals surface area (Å²) in [5.41, 5.74) is 6.57. The van der Waals surface area contributed by atoms with E-state index in [0.29, 0.717) is 60.4 Å². The molecule has 4 saturated heterocycles. The second-order valence-electron chi connectivity index (χ2n) is 22.5. The lowest BCUT2D eigenvalue weighted by Gasteiger charge is -2.31. The van der Waals surface area contributed by atoms with Crippen LogP contribution in [0.2, 0.25) is 0 Å². The first kappa shape index (κ1) is 63.8. The number of aliphatic hydroxyl groups excluding tert-OH is 2. The van der Waals surface area contributed by atoms with Crippen LogP contribution >= 0.6 is 0 Å². The number of rotatable bonds is 25.